The molecule has 0 spiro atoms. The molecule has 4 nitrogen and oxygen atoms in total. The highest BCUT2D eigenvalue weighted by Gasteiger charge is 2.25. The van der Waals surface area contributed by atoms with Gasteiger partial charge in [-0.05, 0) is 61.4 Å². The third-order valence-corrected chi connectivity index (χ3v) is 8.28. The molecule has 0 bridgehead atoms. The summed E-state index contributed by atoms with van der Waals surface area (Å²) in [4.78, 5) is 21.1. The fourth-order valence-electron chi connectivity index (χ4n) is 4.30. The van der Waals surface area contributed by atoms with Crippen LogP contribution in [0.15, 0.2) is 34.2 Å². The highest BCUT2D eigenvalue weighted by molar-refractivity contribution is 7.99. The topological polar surface area (TPSA) is 44.1 Å². The van der Waals surface area contributed by atoms with Gasteiger partial charge in [-0.15, -0.1) is 11.3 Å². The van der Waals surface area contributed by atoms with Gasteiger partial charge in [-0.1, -0.05) is 51.3 Å². The Balaban J connectivity index is 1.73. The van der Waals surface area contributed by atoms with Crippen LogP contribution in [0.1, 0.15) is 62.8 Å². The Bertz CT molecular complexity index is 1090. The van der Waals surface area contributed by atoms with E-state index in [9.17, 15) is 4.79 Å². The van der Waals surface area contributed by atoms with Crippen molar-refractivity contribution in [3.05, 3.63) is 45.1 Å². The molecule has 0 amide bonds. The summed E-state index contributed by atoms with van der Waals surface area (Å²) in [5.74, 6) is 2.46. The van der Waals surface area contributed by atoms with Crippen LogP contribution >= 0.6 is 23.1 Å². The van der Waals surface area contributed by atoms with Gasteiger partial charge < -0.3 is 4.74 Å². The van der Waals surface area contributed by atoms with Gasteiger partial charge in [0, 0.05) is 10.6 Å². The van der Waals surface area contributed by atoms with Crippen LogP contribution in [0.25, 0.3) is 15.9 Å². The number of nitrogens with zero attached hydrogens (tertiary/aromatic N) is 2. The fourth-order valence-corrected chi connectivity index (χ4v) is 6.73. The van der Waals surface area contributed by atoms with Gasteiger partial charge >= 0.3 is 0 Å². The molecule has 0 unspecified atom stereocenters. The predicted octanol–water partition coefficient (Wildman–Crippen LogP) is 6.64. The van der Waals surface area contributed by atoms with E-state index in [1.165, 1.54) is 36.1 Å². The Morgan fingerprint density at radius 3 is 2.71 bits per heavy atom. The van der Waals surface area contributed by atoms with Crippen molar-refractivity contribution >= 4 is 33.3 Å². The van der Waals surface area contributed by atoms with Gasteiger partial charge in [-0.25, -0.2) is 4.98 Å². The molecule has 0 aliphatic heterocycles. The van der Waals surface area contributed by atoms with Gasteiger partial charge in [0.15, 0.2) is 5.16 Å². The summed E-state index contributed by atoms with van der Waals surface area (Å²) in [6, 6.07) is 7.74. The van der Waals surface area contributed by atoms with E-state index in [-0.39, 0.29) is 5.56 Å². The minimum Gasteiger partial charge on any atom is -0.497 e. The molecule has 31 heavy (non-hydrogen) atoms. The minimum atomic E-state index is 0.0794. The standard InChI is InChI=1S/C25H32N2O2S2/c1-4-5-6-7-8-15-30-25-26-23-22(20-14-9-17(2)16-21(20)31-23)24(28)27(25)18-10-12-19(29-3)13-11-18/h10-13,17H,4-9,14-16H2,1-3H3/t17-/m0/s1. The summed E-state index contributed by atoms with van der Waals surface area (Å²) in [7, 11) is 1.66. The number of hydrogen-bond acceptors (Lipinski definition) is 5. The summed E-state index contributed by atoms with van der Waals surface area (Å²) < 4.78 is 7.14. The molecular weight excluding hydrogens is 424 g/mol. The number of thioether (sulfide) groups is 1. The molecule has 4 rings (SSSR count). The predicted molar refractivity (Wildman–Crippen MR) is 132 cm³/mol. The van der Waals surface area contributed by atoms with Gasteiger partial charge in [-0.3, -0.25) is 9.36 Å². The van der Waals surface area contributed by atoms with Crippen molar-refractivity contribution in [1.82, 2.24) is 9.55 Å². The van der Waals surface area contributed by atoms with Crippen molar-refractivity contribution in [1.29, 1.82) is 0 Å². The number of aryl methyl sites for hydroxylation is 1. The summed E-state index contributed by atoms with van der Waals surface area (Å²) in [5.41, 5.74) is 2.18. The molecule has 1 aliphatic carbocycles. The number of ether oxygens (including phenoxy) is 1. The number of rotatable bonds is 9. The normalized spacial score (nSPS) is 15.9. The maximum absolute atomic E-state index is 13.8. The Labute approximate surface area is 193 Å². The number of hydrogen-bond donors (Lipinski definition) is 0. The van der Waals surface area contributed by atoms with E-state index >= 15 is 0 Å². The Morgan fingerprint density at radius 1 is 1.19 bits per heavy atom. The third-order valence-electron chi connectivity index (χ3n) is 6.11. The van der Waals surface area contributed by atoms with Crippen molar-refractivity contribution in [2.24, 2.45) is 5.92 Å². The third kappa shape index (κ3) is 4.85. The first-order chi connectivity index (χ1) is 15.1. The van der Waals surface area contributed by atoms with Crippen LogP contribution < -0.4 is 10.3 Å². The number of unbranched alkanes of at least 4 members (excludes halogenated alkanes) is 4. The van der Waals surface area contributed by atoms with Gasteiger partial charge in [-0.2, -0.15) is 0 Å². The van der Waals surface area contributed by atoms with E-state index in [2.05, 4.69) is 13.8 Å². The zero-order chi connectivity index (χ0) is 21.8. The Kier molecular flexibility index (Phi) is 7.39. The lowest BCUT2D eigenvalue weighted by atomic mass is 9.89. The molecule has 0 N–H and O–H groups in total. The quantitative estimate of drug-likeness (QED) is 0.206. The van der Waals surface area contributed by atoms with E-state index in [4.69, 9.17) is 9.72 Å². The number of benzene rings is 1. The summed E-state index contributed by atoms with van der Waals surface area (Å²) in [5, 5.41) is 1.65. The molecule has 0 radical (unpaired) electrons. The first-order valence-corrected chi connectivity index (χ1v) is 13.3. The first-order valence-electron chi connectivity index (χ1n) is 11.5. The second-order valence-electron chi connectivity index (χ2n) is 8.53. The fraction of sp³-hybridized carbons (Fsp3) is 0.520. The summed E-state index contributed by atoms with van der Waals surface area (Å²) in [6.07, 6.45) is 9.42. The van der Waals surface area contributed by atoms with E-state index in [1.807, 2.05) is 28.8 Å². The van der Waals surface area contributed by atoms with Crippen molar-refractivity contribution in [2.45, 2.75) is 70.4 Å². The van der Waals surface area contributed by atoms with Crippen molar-refractivity contribution in [3.63, 3.8) is 0 Å². The number of fused-ring (bicyclic) bond motifs is 3. The number of aromatic nitrogens is 2. The average molecular weight is 457 g/mol. The lowest BCUT2D eigenvalue weighted by Crippen LogP contribution is -2.22. The van der Waals surface area contributed by atoms with Crippen LogP contribution in [-0.4, -0.2) is 22.4 Å². The smallest absolute Gasteiger partial charge is 0.267 e. The lowest BCUT2D eigenvalue weighted by molar-refractivity contribution is 0.414. The molecule has 1 aliphatic rings. The molecule has 1 atom stereocenters. The van der Waals surface area contributed by atoms with Gasteiger partial charge in [0.05, 0.1) is 18.2 Å². The van der Waals surface area contributed by atoms with Crippen LogP contribution in [0.2, 0.25) is 0 Å². The van der Waals surface area contributed by atoms with Crippen LogP contribution in [0.5, 0.6) is 5.75 Å². The van der Waals surface area contributed by atoms with E-state index in [0.717, 1.165) is 58.2 Å². The molecule has 0 saturated carbocycles. The molecule has 6 heteroatoms. The van der Waals surface area contributed by atoms with E-state index < -0.39 is 0 Å². The molecule has 0 saturated heterocycles. The zero-order valence-corrected chi connectivity index (χ0v) is 20.4. The largest absolute Gasteiger partial charge is 0.497 e. The summed E-state index contributed by atoms with van der Waals surface area (Å²) >= 11 is 3.45. The molecule has 0 fully saturated rings. The van der Waals surface area contributed by atoms with Gasteiger partial charge in [0.1, 0.15) is 10.6 Å². The molecule has 1 aromatic carbocycles. The Morgan fingerprint density at radius 2 is 1.97 bits per heavy atom. The molecule has 2 heterocycles. The first kappa shape index (κ1) is 22.4. The highest BCUT2D eigenvalue weighted by atomic mass is 32.2. The van der Waals surface area contributed by atoms with Crippen molar-refractivity contribution in [2.75, 3.05) is 12.9 Å². The van der Waals surface area contributed by atoms with Gasteiger partial charge in [0.25, 0.3) is 5.56 Å². The lowest BCUT2D eigenvalue weighted by Gasteiger charge is -2.18. The average Bonchev–Trinajstić information content (AvgIpc) is 3.14. The molecule has 166 valence electrons. The molecule has 2 aromatic heterocycles. The maximum Gasteiger partial charge on any atom is 0.267 e. The zero-order valence-electron chi connectivity index (χ0n) is 18.8. The van der Waals surface area contributed by atoms with Crippen LogP contribution in [0.4, 0.5) is 0 Å². The van der Waals surface area contributed by atoms with Crippen LogP contribution in [0.3, 0.4) is 0 Å². The monoisotopic (exact) mass is 456 g/mol. The van der Waals surface area contributed by atoms with E-state index in [1.54, 1.807) is 30.2 Å². The SMILES string of the molecule is CCCCCCCSc1nc2sc3c(c2c(=O)n1-c1ccc(OC)cc1)CC[C@H](C)C3. The Hall–Kier alpha value is -1.79. The maximum atomic E-state index is 13.8. The summed E-state index contributed by atoms with van der Waals surface area (Å²) in [6.45, 7) is 4.54. The van der Waals surface area contributed by atoms with Crippen molar-refractivity contribution in [3.8, 4) is 11.4 Å². The second-order valence-corrected chi connectivity index (χ2v) is 10.7. The van der Waals surface area contributed by atoms with Crippen molar-refractivity contribution < 1.29 is 4.74 Å². The van der Waals surface area contributed by atoms with Gasteiger partial charge in [0.2, 0.25) is 0 Å². The second kappa shape index (κ2) is 10.2. The molecule has 3 aromatic rings. The van der Waals surface area contributed by atoms with Crippen LogP contribution in [-0.2, 0) is 12.8 Å². The molecular formula is C25H32N2O2S2. The minimum absolute atomic E-state index is 0.0794. The van der Waals surface area contributed by atoms with Crippen LogP contribution in [0, 0.1) is 5.92 Å². The number of thiophene rings is 1. The van der Waals surface area contributed by atoms with E-state index in [0.29, 0.717) is 5.92 Å². The number of methoxy groups -OCH3 is 1. The highest BCUT2D eigenvalue weighted by Crippen LogP contribution is 2.37.